The van der Waals surface area contributed by atoms with Crippen molar-refractivity contribution in [3.8, 4) is 0 Å². The highest BCUT2D eigenvalue weighted by Gasteiger charge is 1.97. The van der Waals surface area contributed by atoms with Crippen molar-refractivity contribution < 1.29 is 5.11 Å². The van der Waals surface area contributed by atoms with Gasteiger partial charge < -0.3 is 5.11 Å². The van der Waals surface area contributed by atoms with Crippen LogP contribution in [0.15, 0.2) is 0 Å². The van der Waals surface area contributed by atoms with Crippen LogP contribution >= 0.6 is 12.6 Å². The molecule has 0 spiro atoms. The van der Waals surface area contributed by atoms with Gasteiger partial charge in [-0.3, -0.25) is 0 Å². The smallest absolute Gasteiger partial charge is 0.0964 e. The van der Waals surface area contributed by atoms with Crippen molar-refractivity contribution in [2.45, 2.75) is 45.0 Å². The summed E-state index contributed by atoms with van der Waals surface area (Å²) in [6, 6.07) is 0. The molecule has 0 saturated carbocycles. The number of aliphatic hydroxyl groups excluding tert-OH is 1. The molecule has 0 aliphatic carbocycles. The highest BCUT2D eigenvalue weighted by molar-refractivity contribution is 7.80. The van der Waals surface area contributed by atoms with Gasteiger partial charge in [0.05, 0.1) is 5.44 Å². The summed E-state index contributed by atoms with van der Waals surface area (Å²) in [5, 5.41) is 8.78. The van der Waals surface area contributed by atoms with Crippen molar-refractivity contribution in [1.29, 1.82) is 0 Å². The first kappa shape index (κ1) is 10.3. The Balaban J connectivity index is 2.91. The summed E-state index contributed by atoms with van der Waals surface area (Å²) >= 11 is 3.88. The van der Waals surface area contributed by atoms with Crippen molar-refractivity contribution in [2.75, 3.05) is 0 Å². The number of thiol groups is 1. The van der Waals surface area contributed by atoms with E-state index in [9.17, 15) is 0 Å². The van der Waals surface area contributed by atoms with Gasteiger partial charge in [0.25, 0.3) is 0 Å². The summed E-state index contributed by atoms with van der Waals surface area (Å²) in [5.41, 5.74) is -0.410. The first-order chi connectivity index (χ1) is 4.63. The van der Waals surface area contributed by atoms with E-state index in [-0.39, 0.29) is 0 Å². The van der Waals surface area contributed by atoms with E-state index in [4.69, 9.17) is 5.11 Å². The van der Waals surface area contributed by atoms with Gasteiger partial charge in [-0.2, -0.15) is 0 Å². The van der Waals surface area contributed by atoms with Crippen molar-refractivity contribution in [2.24, 2.45) is 5.92 Å². The van der Waals surface area contributed by atoms with Crippen LogP contribution in [0.4, 0.5) is 0 Å². The summed E-state index contributed by atoms with van der Waals surface area (Å²) in [6.45, 7) is 4.44. The third-order valence-electron chi connectivity index (χ3n) is 1.49. The van der Waals surface area contributed by atoms with Gasteiger partial charge in [0, 0.05) is 0 Å². The van der Waals surface area contributed by atoms with E-state index in [2.05, 4.69) is 26.5 Å². The molecule has 0 fully saturated rings. The maximum absolute atomic E-state index is 8.78. The molecule has 0 aromatic rings. The molecular formula is C8H18OS. The second-order valence-corrected chi connectivity index (χ2v) is 3.76. The molecule has 0 saturated heterocycles. The maximum atomic E-state index is 8.78. The number of hydrogen-bond donors (Lipinski definition) is 2. The van der Waals surface area contributed by atoms with Crippen LogP contribution in [0.2, 0.25) is 0 Å². The molecule has 0 aliphatic rings. The van der Waals surface area contributed by atoms with Gasteiger partial charge in [0.15, 0.2) is 0 Å². The van der Waals surface area contributed by atoms with Gasteiger partial charge in [0.2, 0.25) is 0 Å². The van der Waals surface area contributed by atoms with Gasteiger partial charge in [-0.05, 0) is 12.3 Å². The van der Waals surface area contributed by atoms with Gasteiger partial charge in [-0.15, -0.1) is 12.6 Å². The lowest BCUT2D eigenvalue weighted by Gasteiger charge is -2.04. The molecule has 0 aromatic carbocycles. The SMILES string of the molecule is CC(C)CCCCC(O)S. The van der Waals surface area contributed by atoms with Crippen LogP contribution in [0.5, 0.6) is 0 Å². The molecule has 0 amide bonds. The molecule has 0 aromatic heterocycles. The lowest BCUT2D eigenvalue weighted by Crippen LogP contribution is -1.95. The first-order valence-corrected chi connectivity index (χ1v) is 4.50. The third kappa shape index (κ3) is 8.31. The fourth-order valence-electron chi connectivity index (χ4n) is 0.879. The summed E-state index contributed by atoms with van der Waals surface area (Å²) in [7, 11) is 0. The number of aliphatic hydroxyl groups is 1. The van der Waals surface area contributed by atoms with Crippen molar-refractivity contribution in [3.05, 3.63) is 0 Å². The molecule has 1 N–H and O–H groups in total. The van der Waals surface area contributed by atoms with E-state index in [1.54, 1.807) is 0 Å². The standard InChI is InChI=1S/C8H18OS/c1-7(2)5-3-4-6-8(9)10/h7-10H,3-6H2,1-2H3. The van der Waals surface area contributed by atoms with Crippen LogP contribution in [0.3, 0.4) is 0 Å². The maximum Gasteiger partial charge on any atom is 0.0964 e. The molecule has 0 heterocycles. The minimum atomic E-state index is -0.410. The molecule has 62 valence electrons. The van der Waals surface area contributed by atoms with Gasteiger partial charge in [-0.25, -0.2) is 0 Å². The molecule has 10 heavy (non-hydrogen) atoms. The highest BCUT2D eigenvalue weighted by Crippen LogP contribution is 2.10. The Morgan fingerprint density at radius 2 is 1.70 bits per heavy atom. The van der Waals surface area contributed by atoms with Crippen LogP contribution in [0, 0.1) is 5.92 Å². The quantitative estimate of drug-likeness (QED) is 0.361. The zero-order valence-electron chi connectivity index (χ0n) is 6.88. The predicted octanol–water partition coefficient (Wildman–Crippen LogP) is 2.45. The zero-order valence-corrected chi connectivity index (χ0v) is 7.77. The van der Waals surface area contributed by atoms with E-state index in [1.165, 1.54) is 12.8 Å². The summed E-state index contributed by atoms with van der Waals surface area (Å²) in [6.07, 6.45) is 4.41. The second kappa shape index (κ2) is 6.05. The summed E-state index contributed by atoms with van der Waals surface area (Å²) in [4.78, 5) is 0. The Morgan fingerprint density at radius 3 is 2.10 bits per heavy atom. The fraction of sp³-hybridized carbons (Fsp3) is 1.00. The minimum absolute atomic E-state index is 0.410. The molecule has 0 rings (SSSR count). The molecule has 1 nitrogen and oxygen atoms in total. The molecular weight excluding hydrogens is 144 g/mol. The topological polar surface area (TPSA) is 20.2 Å². The second-order valence-electron chi connectivity index (χ2n) is 3.16. The number of hydrogen-bond acceptors (Lipinski definition) is 2. The van der Waals surface area contributed by atoms with Crippen molar-refractivity contribution in [1.82, 2.24) is 0 Å². The molecule has 1 atom stereocenters. The van der Waals surface area contributed by atoms with Gasteiger partial charge >= 0.3 is 0 Å². The van der Waals surface area contributed by atoms with Crippen molar-refractivity contribution >= 4 is 12.6 Å². The van der Waals surface area contributed by atoms with Crippen molar-refractivity contribution in [3.63, 3.8) is 0 Å². The molecule has 2 heteroatoms. The van der Waals surface area contributed by atoms with Crippen LogP contribution in [-0.4, -0.2) is 10.5 Å². The zero-order chi connectivity index (χ0) is 7.98. The number of rotatable bonds is 5. The minimum Gasteiger partial charge on any atom is -0.383 e. The Hall–Kier alpha value is 0.310. The lowest BCUT2D eigenvalue weighted by atomic mass is 10.1. The van der Waals surface area contributed by atoms with Crippen LogP contribution in [0.25, 0.3) is 0 Å². The van der Waals surface area contributed by atoms with E-state index in [0.717, 1.165) is 18.8 Å². The Labute approximate surface area is 69.2 Å². The summed E-state index contributed by atoms with van der Waals surface area (Å²) in [5.74, 6) is 0.789. The van der Waals surface area contributed by atoms with E-state index in [0.29, 0.717) is 0 Å². The number of unbranched alkanes of at least 4 members (excludes halogenated alkanes) is 1. The Kier molecular flexibility index (Phi) is 6.24. The van der Waals surface area contributed by atoms with Crippen LogP contribution in [-0.2, 0) is 0 Å². The van der Waals surface area contributed by atoms with E-state index >= 15 is 0 Å². The fourth-order valence-corrected chi connectivity index (χ4v) is 1.06. The van der Waals surface area contributed by atoms with Crippen LogP contribution in [0.1, 0.15) is 39.5 Å². The van der Waals surface area contributed by atoms with Gasteiger partial charge in [-0.1, -0.05) is 33.1 Å². The molecule has 0 aliphatic heterocycles. The average molecular weight is 162 g/mol. The van der Waals surface area contributed by atoms with E-state index in [1.807, 2.05) is 0 Å². The molecule has 0 radical (unpaired) electrons. The largest absolute Gasteiger partial charge is 0.383 e. The van der Waals surface area contributed by atoms with Gasteiger partial charge in [0.1, 0.15) is 0 Å². The monoisotopic (exact) mass is 162 g/mol. The third-order valence-corrected chi connectivity index (χ3v) is 1.75. The molecule has 0 bridgehead atoms. The lowest BCUT2D eigenvalue weighted by molar-refractivity contribution is 0.249. The Morgan fingerprint density at radius 1 is 1.20 bits per heavy atom. The summed E-state index contributed by atoms with van der Waals surface area (Å²) < 4.78 is 0. The van der Waals surface area contributed by atoms with Crippen LogP contribution < -0.4 is 0 Å². The highest BCUT2D eigenvalue weighted by atomic mass is 32.1. The normalized spacial score (nSPS) is 14.1. The van der Waals surface area contributed by atoms with E-state index < -0.39 is 5.44 Å². The Bertz CT molecular complexity index is 61.7. The average Bonchev–Trinajstić information content (AvgIpc) is 1.79. The predicted molar refractivity (Wildman–Crippen MR) is 48.3 cm³/mol. The first-order valence-electron chi connectivity index (χ1n) is 3.99. The molecule has 1 unspecified atom stereocenters.